The highest BCUT2D eigenvalue weighted by atomic mass is 32.1. The minimum atomic E-state index is -0.531. The lowest BCUT2D eigenvalue weighted by atomic mass is 9.89. The lowest BCUT2D eigenvalue weighted by molar-refractivity contribution is 0.0447. The number of amides is 8. The molecule has 10 fully saturated rings. The van der Waals surface area contributed by atoms with Crippen LogP contribution in [0.3, 0.4) is 0 Å². The fourth-order valence-corrected chi connectivity index (χ4v) is 24.3. The number of aliphatic hydroxyl groups is 4. The molecule has 8 aromatic heterocycles. The maximum absolute atomic E-state index is 13.8. The third-order valence-electron chi connectivity index (χ3n) is 27.8. The van der Waals surface area contributed by atoms with Gasteiger partial charge in [0.25, 0.3) is 47.3 Å². The summed E-state index contributed by atoms with van der Waals surface area (Å²) in [6.07, 6.45) is 28.4. The number of aryl methyl sites for hydroxylation is 4. The Labute approximate surface area is 794 Å². The van der Waals surface area contributed by atoms with Gasteiger partial charge in [0.05, 0.1) is 57.0 Å². The molecule has 10 aliphatic rings. The highest BCUT2D eigenvalue weighted by Crippen LogP contribution is 2.47. The van der Waals surface area contributed by atoms with Gasteiger partial charge in [-0.25, -0.2) is 39.9 Å². The van der Waals surface area contributed by atoms with Crippen LogP contribution in [0.5, 0.6) is 0 Å². The minimum absolute atomic E-state index is 0.0811. The number of aliphatic hydroxyl groups excluding tert-OH is 4. The predicted octanol–water partition coefficient (Wildman–Crippen LogP) is 14.3. The van der Waals surface area contributed by atoms with E-state index in [0.29, 0.717) is 67.2 Å². The average Bonchev–Trinajstić information content (AvgIpc) is 1.62. The molecule has 16 heterocycles. The monoisotopic (exact) mass is 1890 g/mol. The molecule has 8 saturated heterocycles. The van der Waals surface area contributed by atoms with E-state index in [1.807, 2.05) is 85.4 Å². The van der Waals surface area contributed by atoms with Gasteiger partial charge >= 0.3 is 0 Å². The molecule has 714 valence electrons. The first-order valence-corrected chi connectivity index (χ1v) is 51.1. The van der Waals surface area contributed by atoms with Crippen LogP contribution in [0.15, 0.2) is 49.1 Å². The molecule has 18 rings (SSSR count). The van der Waals surface area contributed by atoms with Crippen molar-refractivity contribution in [2.24, 2.45) is 0 Å². The van der Waals surface area contributed by atoms with Crippen molar-refractivity contribution >= 4 is 116 Å². The third-order valence-corrected chi connectivity index (χ3v) is 32.2. The van der Waals surface area contributed by atoms with E-state index in [4.69, 9.17) is 0 Å². The second-order valence-electron chi connectivity index (χ2n) is 38.4. The van der Waals surface area contributed by atoms with Crippen molar-refractivity contribution in [3.05, 3.63) is 114 Å². The Kier molecular flexibility index (Phi) is 31.1. The second-order valence-corrected chi connectivity index (χ2v) is 42.4. The Morgan fingerprint density at radius 3 is 0.805 bits per heavy atom. The van der Waals surface area contributed by atoms with Gasteiger partial charge in [0.15, 0.2) is 20.0 Å². The molecule has 133 heavy (non-hydrogen) atoms. The van der Waals surface area contributed by atoms with E-state index in [0.717, 1.165) is 203 Å². The highest BCUT2D eigenvalue weighted by Gasteiger charge is 2.49. The number of nitrogens with one attached hydrogen (secondary N) is 8. The van der Waals surface area contributed by atoms with Crippen LogP contribution in [0.25, 0.3) is 41.8 Å². The molecule has 8 amide bonds. The number of rotatable bonds is 28. The topological polar surface area (TPSA) is 430 Å². The molecule has 0 unspecified atom stereocenters. The van der Waals surface area contributed by atoms with Crippen LogP contribution in [0, 0.1) is 27.7 Å². The van der Waals surface area contributed by atoms with E-state index in [-0.39, 0.29) is 153 Å². The Balaban J connectivity index is 0.000000135. The molecule has 2 aliphatic carbocycles. The summed E-state index contributed by atoms with van der Waals surface area (Å²) in [6, 6.07) is 9.87. The number of hydrogen-bond acceptors (Lipinski definition) is 28. The summed E-state index contributed by atoms with van der Waals surface area (Å²) in [5, 5.41) is 64.2. The van der Waals surface area contributed by atoms with Gasteiger partial charge < -0.3 is 82.6 Å². The first-order valence-electron chi connectivity index (χ1n) is 47.9. The average molecular weight is 1900 g/mol. The van der Waals surface area contributed by atoms with Gasteiger partial charge in [0.1, 0.15) is 46.0 Å². The molecular formula is C97H130N20O12S4. The first kappa shape index (κ1) is 97.5. The molecule has 8 bridgehead atoms. The van der Waals surface area contributed by atoms with E-state index in [2.05, 4.69) is 124 Å². The van der Waals surface area contributed by atoms with Crippen molar-refractivity contribution in [1.82, 2.24) is 80.7 Å². The zero-order valence-corrected chi connectivity index (χ0v) is 82.0. The van der Waals surface area contributed by atoms with Crippen LogP contribution in [-0.4, -0.2) is 249 Å². The molecule has 8 aliphatic heterocycles. The number of thiazole rings is 4. The fourth-order valence-electron chi connectivity index (χ4n) is 20.1. The van der Waals surface area contributed by atoms with E-state index >= 15 is 0 Å². The number of hydrogen-bond donors (Lipinski definition) is 12. The first-order chi connectivity index (χ1) is 63.8. The number of anilines is 4. The third kappa shape index (κ3) is 21.6. The standard InChI is InChI=1S/C26H35N5O3S.C24H31N5O3S.C24H33N5O3S.C23H31N5O3S/c1-4-15(3)28-21-12-14(2)18(13-27-21)23-22(26(34)31-16-8-9-17(31)11-10-16)30-25(35-23)24(33)29-19-6-5-7-20(19)32;1-12(2)26-19-10-13(3)16(11-25-19)21-20(24(32)29-14-4-5-15(29)7-6-14)28-23(33-21)22(31)27-17-8-9-18(17)30;1-5-14(3)26-19-10-13(2)18(11-25-19)21-20(24(32)29-16-6-7-17(29)9-8-16)28-23(33-21)22(31)27-15(4)12-30;1-12(2)25-18-9-13(3)17(10-24-18)20-19(23(31)28-15-5-6-16(28)8-7-15)27-22(32-20)21(30)26-14(4)11-29/h12-13,15-17,19-20,32H,4-11H2,1-3H3,(H,27,28)(H,29,33);10-12,14-15,17-18,30H,4-9H2,1-3H3,(H,25,26)(H,27,31);10-11,14-17,30H,5-9,12H2,1-4H3,(H,25,26)(H,27,31);9-10,12,14-16,29H,5-8,11H2,1-4H3,(H,24,25)(H,26,30)/t15-,16?,17?,19+,20+;14?,15?,17-,18-;14-,15-,16?,17?;14-,15?,16?/m1011/s1. The summed E-state index contributed by atoms with van der Waals surface area (Å²) in [6.45, 7) is 27.7. The predicted molar refractivity (Wildman–Crippen MR) is 519 cm³/mol. The molecular weight excluding hydrogens is 1770 g/mol. The second kappa shape index (κ2) is 42.5. The van der Waals surface area contributed by atoms with Crippen LogP contribution in [-0.2, 0) is 0 Å². The lowest BCUT2D eigenvalue weighted by Gasteiger charge is -2.32. The molecule has 8 aromatic rings. The maximum atomic E-state index is 13.8. The van der Waals surface area contributed by atoms with Gasteiger partial charge in [-0.15, -0.1) is 45.3 Å². The summed E-state index contributed by atoms with van der Waals surface area (Å²) >= 11 is 4.88. The fraction of sp³-hybridized carbons (Fsp3) is 0.588. The molecule has 36 heteroatoms. The van der Waals surface area contributed by atoms with E-state index in [1.54, 1.807) is 38.6 Å². The largest absolute Gasteiger partial charge is 0.394 e. The Bertz CT molecular complexity index is 5520. The number of nitrogens with zero attached hydrogens (tertiary/aromatic N) is 12. The Morgan fingerprint density at radius 1 is 0.346 bits per heavy atom. The quantitative estimate of drug-likeness (QED) is 0.0217. The normalized spacial score (nSPS) is 23.5. The van der Waals surface area contributed by atoms with E-state index in [9.17, 15) is 58.8 Å². The molecule has 32 nitrogen and oxygen atoms in total. The lowest BCUT2D eigenvalue weighted by Crippen LogP contribution is -2.50. The number of pyridine rings is 4. The zero-order valence-electron chi connectivity index (χ0n) is 78.7. The summed E-state index contributed by atoms with van der Waals surface area (Å²) in [5.41, 5.74) is 8.47. The highest BCUT2D eigenvalue weighted by molar-refractivity contribution is 7.18. The number of aromatic nitrogens is 8. The molecule has 12 N–H and O–H groups in total. The van der Waals surface area contributed by atoms with Gasteiger partial charge in [0, 0.05) is 132 Å². The molecule has 0 aromatic carbocycles. The van der Waals surface area contributed by atoms with Crippen molar-refractivity contribution in [2.75, 3.05) is 34.5 Å². The number of carbonyl (C=O) groups is 8. The van der Waals surface area contributed by atoms with Crippen molar-refractivity contribution < 1.29 is 58.8 Å². The summed E-state index contributed by atoms with van der Waals surface area (Å²) in [7, 11) is 0. The zero-order chi connectivity index (χ0) is 94.7. The number of fused-ring (bicyclic) bond motifs is 8. The van der Waals surface area contributed by atoms with E-state index < -0.39 is 24.3 Å². The van der Waals surface area contributed by atoms with Gasteiger partial charge in [-0.1, -0.05) is 13.8 Å². The van der Waals surface area contributed by atoms with Gasteiger partial charge in [-0.05, 0) is 277 Å². The van der Waals surface area contributed by atoms with Crippen LogP contribution >= 0.6 is 45.3 Å². The molecule has 0 radical (unpaired) electrons. The summed E-state index contributed by atoms with van der Waals surface area (Å²) in [5.74, 6) is 1.34. The SMILES string of the molecule is CC[C@@H](C)Nc1cc(C)c(-c2sc(C(=O)N[C@H](C)CO)nc2C(=O)N2C3CCC2CC3)cn1.CC[C@@H](C)Nc1cc(C)c(-c2sc(C(=O)N[C@H]3CCC[C@@H]3O)nc2C(=O)N2C3CCC2CC3)cn1.Cc1cc(NC(C)C)ncc1-c1sc(C(=O)N[C@H](C)CO)nc1C(=O)N1C2CCC1CC2.Cc1cc(NC(C)C)ncc1-c1sc(C(=O)N[C@H]2CC[C@@H]2O)nc1C(=O)N1C2CCC1CC2. The van der Waals surface area contributed by atoms with Crippen molar-refractivity contribution in [3.8, 4) is 41.8 Å². The minimum Gasteiger partial charge on any atom is -0.394 e. The van der Waals surface area contributed by atoms with Crippen molar-refractivity contribution in [2.45, 2.75) is 353 Å². The van der Waals surface area contributed by atoms with Gasteiger partial charge in [-0.2, -0.15) is 0 Å². The van der Waals surface area contributed by atoms with Gasteiger partial charge in [-0.3, -0.25) is 38.4 Å². The maximum Gasteiger partial charge on any atom is 0.280 e. The van der Waals surface area contributed by atoms with Crippen LogP contribution in [0.1, 0.15) is 320 Å². The van der Waals surface area contributed by atoms with Gasteiger partial charge in [0.2, 0.25) is 0 Å². The Morgan fingerprint density at radius 2 is 0.594 bits per heavy atom. The summed E-state index contributed by atoms with van der Waals surface area (Å²) in [4.78, 5) is 153. The van der Waals surface area contributed by atoms with E-state index in [1.165, 1.54) is 45.3 Å². The molecule has 0 spiro atoms. The van der Waals surface area contributed by atoms with Crippen LogP contribution in [0.4, 0.5) is 23.3 Å². The smallest absolute Gasteiger partial charge is 0.280 e. The molecule has 8 atom stereocenters. The van der Waals surface area contributed by atoms with Crippen molar-refractivity contribution in [3.63, 3.8) is 0 Å². The summed E-state index contributed by atoms with van der Waals surface area (Å²) < 4.78 is 0. The molecule has 2 saturated carbocycles. The van der Waals surface area contributed by atoms with Crippen LogP contribution < -0.4 is 42.5 Å². The number of carbonyl (C=O) groups excluding carboxylic acids is 8. The Hall–Kier alpha value is -10.1. The van der Waals surface area contributed by atoms with Crippen molar-refractivity contribution in [1.29, 1.82) is 0 Å². The van der Waals surface area contributed by atoms with Crippen LogP contribution in [0.2, 0.25) is 0 Å².